The fourth-order valence-electron chi connectivity index (χ4n) is 1.95. The zero-order chi connectivity index (χ0) is 13.4. The Morgan fingerprint density at radius 3 is 2.26 bits per heavy atom. The normalized spacial score (nSPS) is 10.9. The van der Waals surface area contributed by atoms with E-state index in [1.54, 1.807) is 12.1 Å². The molecule has 2 aromatic carbocycles. The molecule has 1 heterocycles. The average Bonchev–Trinajstić information content (AvgIpc) is 2.41. The highest BCUT2D eigenvalue weighted by Crippen LogP contribution is 2.34. The van der Waals surface area contributed by atoms with Crippen molar-refractivity contribution in [1.29, 1.82) is 0 Å². The topological polar surface area (TPSA) is 25.8 Å². The molecule has 1 aromatic heterocycles. The fourth-order valence-corrected chi connectivity index (χ4v) is 2.65. The van der Waals surface area contributed by atoms with Gasteiger partial charge in [-0.3, -0.25) is 0 Å². The fraction of sp³-hybridized carbons (Fsp3) is 0. The Bertz CT molecular complexity index is 772. The van der Waals surface area contributed by atoms with Crippen LogP contribution in [0.2, 0.25) is 15.2 Å². The molecule has 3 aromatic rings. The van der Waals surface area contributed by atoms with Crippen molar-refractivity contribution in [3.05, 3.63) is 57.7 Å². The van der Waals surface area contributed by atoms with Crippen molar-refractivity contribution in [1.82, 2.24) is 10.2 Å². The Hall–Kier alpha value is -1.35. The lowest BCUT2D eigenvalue weighted by Crippen LogP contribution is -1.92. The first kappa shape index (κ1) is 12.7. The van der Waals surface area contributed by atoms with Gasteiger partial charge in [-0.2, -0.15) is 0 Å². The molecule has 5 heteroatoms. The minimum absolute atomic E-state index is 0.379. The molecular weight excluding hydrogens is 303 g/mol. The number of nitrogens with zero attached hydrogens (tertiary/aromatic N) is 2. The van der Waals surface area contributed by atoms with Gasteiger partial charge in [-0.1, -0.05) is 59.1 Å². The van der Waals surface area contributed by atoms with Crippen LogP contribution in [-0.4, -0.2) is 10.2 Å². The predicted octanol–water partition coefficient (Wildman–Crippen LogP) is 5.26. The summed E-state index contributed by atoms with van der Waals surface area (Å²) in [7, 11) is 0. The van der Waals surface area contributed by atoms with Crippen molar-refractivity contribution in [2.45, 2.75) is 0 Å². The summed E-state index contributed by atoms with van der Waals surface area (Å²) in [5.41, 5.74) is 1.48. The number of hydrogen-bond acceptors (Lipinski definition) is 2. The molecule has 0 fully saturated rings. The molecule has 0 aliphatic carbocycles. The van der Waals surface area contributed by atoms with Gasteiger partial charge in [-0.25, -0.2) is 0 Å². The second-order valence-corrected chi connectivity index (χ2v) is 5.21. The second kappa shape index (κ2) is 4.97. The number of benzene rings is 2. The molecule has 3 rings (SSSR count). The number of rotatable bonds is 1. The van der Waals surface area contributed by atoms with E-state index >= 15 is 0 Å². The van der Waals surface area contributed by atoms with Crippen LogP contribution < -0.4 is 0 Å². The Kier molecular flexibility index (Phi) is 3.31. The van der Waals surface area contributed by atoms with E-state index in [1.807, 2.05) is 30.3 Å². The van der Waals surface area contributed by atoms with Crippen LogP contribution >= 0.6 is 34.8 Å². The van der Waals surface area contributed by atoms with Gasteiger partial charge in [0.1, 0.15) is 5.69 Å². The van der Waals surface area contributed by atoms with E-state index in [-0.39, 0.29) is 0 Å². The van der Waals surface area contributed by atoms with Crippen LogP contribution in [-0.2, 0) is 0 Å². The van der Waals surface area contributed by atoms with E-state index in [0.717, 1.165) is 16.3 Å². The minimum atomic E-state index is 0.379. The maximum atomic E-state index is 6.22. The third kappa shape index (κ3) is 2.27. The standard InChI is InChI=1S/C14H7Cl3N2/c15-8-5-6-11(12(16)7-8)13-9-3-1-2-4-10(9)14(17)19-18-13/h1-7H. The Balaban J connectivity index is 2.34. The summed E-state index contributed by atoms with van der Waals surface area (Å²) in [6.07, 6.45) is 0. The van der Waals surface area contributed by atoms with Crippen LogP contribution in [0.1, 0.15) is 0 Å². The number of aromatic nitrogens is 2. The van der Waals surface area contributed by atoms with Gasteiger partial charge in [0.05, 0.1) is 5.02 Å². The predicted molar refractivity (Wildman–Crippen MR) is 80.0 cm³/mol. The Labute approximate surface area is 124 Å². The molecular formula is C14H7Cl3N2. The molecule has 0 N–H and O–H groups in total. The van der Waals surface area contributed by atoms with E-state index in [4.69, 9.17) is 34.8 Å². The summed E-state index contributed by atoms with van der Waals surface area (Å²) < 4.78 is 0. The van der Waals surface area contributed by atoms with Crippen LogP contribution in [0.15, 0.2) is 42.5 Å². The van der Waals surface area contributed by atoms with E-state index < -0.39 is 0 Å². The zero-order valence-corrected chi connectivity index (χ0v) is 11.8. The molecule has 0 aliphatic rings. The maximum absolute atomic E-state index is 6.22. The van der Waals surface area contributed by atoms with E-state index in [1.165, 1.54) is 0 Å². The molecule has 0 spiro atoms. The monoisotopic (exact) mass is 308 g/mol. The summed E-state index contributed by atoms with van der Waals surface area (Å²) in [5, 5.41) is 11.4. The number of hydrogen-bond donors (Lipinski definition) is 0. The van der Waals surface area contributed by atoms with Gasteiger partial charge in [-0.05, 0) is 18.2 Å². The molecule has 19 heavy (non-hydrogen) atoms. The van der Waals surface area contributed by atoms with Crippen LogP contribution in [0, 0.1) is 0 Å². The van der Waals surface area contributed by atoms with Crippen LogP contribution in [0.25, 0.3) is 22.0 Å². The van der Waals surface area contributed by atoms with Crippen molar-refractivity contribution in [2.24, 2.45) is 0 Å². The number of fused-ring (bicyclic) bond motifs is 1. The van der Waals surface area contributed by atoms with Crippen molar-refractivity contribution < 1.29 is 0 Å². The highest BCUT2D eigenvalue weighted by molar-refractivity contribution is 6.37. The summed E-state index contributed by atoms with van der Waals surface area (Å²) in [6, 6.07) is 13.0. The van der Waals surface area contributed by atoms with Crippen LogP contribution in [0.3, 0.4) is 0 Å². The van der Waals surface area contributed by atoms with Crippen LogP contribution in [0.5, 0.6) is 0 Å². The first-order chi connectivity index (χ1) is 9.16. The highest BCUT2D eigenvalue weighted by Gasteiger charge is 2.12. The lowest BCUT2D eigenvalue weighted by molar-refractivity contribution is 1.06. The third-order valence-corrected chi connectivity index (χ3v) is 3.66. The van der Waals surface area contributed by atoms with Crippen LogP contribution in [0.4, 0.5) is 0 Å². The largest absolute Gasteiger partial charge is 0.159 e. The molecule has 0 saturated heterocycles. The van der Waals surface area contributed by atoms with Crippen molar-refractivity contribution in [2.75, 3.05) is 0 Å². The molecule has 0 bridgehead atoms. The SMILES string of the molecule is Clc1ccc(-c2nnc(Cl)c3ccccc23)c(Cl)c1. The minimum Gasteiger partial charge on any atom is -0.148 e. The quantitative estimate of drug-likeness (QED) is 0.613. The Morgan fingerprint density at radius 2 is 1.53 bits per heavy atom. The van der Waals surface area contributed by atoms with Crippen molar-refractivity contribution >= 4 is 45.6 Å². The zero-order valence-electron chi connectivity index (χ0n) is 9.57. The summed E-state index contributed by atoms with van der Waals surface area (Å²) in [5.74, 6) is 0. The lowest BCUT2D eigenvalue weighted by Gasteiger charge is -2.08. The highest BCUT2D eigenvalue weighted by atomic mass is 35.5. The average molecular weight is 310 g/mol. The van der Waals surface area contributed by atoms with Gasteiger partial charge in [0.25, 0.3) is 0 Å². The lowest BCUT2D eigenvalue weighted by atomic mass is 10.1. The van der Waals surface area contributed by atoms with Gasteiger partial charge >= 0.3 is 0 Å². The smallest absolute Gasteiger partial charge is 0.148 e. The van der Waals surface area contributed by atoms with E-state index in [0.29, 0.717) is 20.9 Å². The Morgan fingerprint density at radius 1 is 0.789 bits per heavy atom. The number of halogens is 3. The van der Waals surface area contributed by atoms with Crippen molar-refractivity contribution in [3.8, 4) is 11.3 Å². The first-order valence-corrected chi connectivity index (χ1v) is 6.66. The van der Waals surface area contributed by atoms with Gasteiger partial charge < -0.3 is 0 Å². The first-order valence-electron chi connectivity index (χ1n) is 5.53. The molecule has 0 atom stereocenters. The molecule has 0 amide bonds. The molecule has 0 saturated carbocycles. The van der Waals surface area contributed by atoms with Gasteiger partial charge in [0.15, 0.2) is 5.15 Å². The molecule has 2 nitrogen and oxygen atoms in total. The van der Waals surface area contributed by atoms with Crippen molar-refractivity contribution in [3.63, 3.8) is 0 Å². The molecule has 0 unspecified atom stereocenters. The third-order valence-electron chi connectivity index (χ3n) is 2.83. The summed E-state index contributed by atoms with van der Waals surface area (Å²) in [4.78, 5) is 0. The molecule has 94 valence electrons. The van der Waals surface area contributed by atoms with E-state index in [9.17, 15) is 0 Å². The van der Waals surface area contributed by atoms with Gasteiger partial charge in [-0.15, -0.1) is 10.2 Å². The van der Waals surface area contributed by atoms with E-state index in [2.05, 4.69) is 10.2 Å². The van der Waals surface area contributed by atoms with Gasteiger partial charge in [0.2, 0.25) is 0 Å². The summed E-state index contributed by atoms with van der Waals surface area (Å²) in [6.45, 7) is 0. The van der Waals surface area contributed by atoms with Gasteiger partial charge in [0, 0.05) is 21.4 Å². The molecule has 0 aliphatic heterocycles. The summed E-state index contributed by atoms with van der Waals surface area (Å²) >= 11 is 18.2. The molecule has 0 radical (unpaired) electrons. The second-order valence-electron chi connectivity index (χ2n) is 4.01. The maximum Gasteiger partial charge on any atom is 0.159 e.